The van der Waals surface area contributed by atoms with Crippen LogP contribution < -0.4 is 11.2 Å². The largest absolute Gasteiger partial charge is 0.389 e. The normalized spacial score (nSPS) is 14.5. The van der Waals surface area contributed by atoms with Gasteiger partial charge in [-0.05, 0) is 43.5 Å². The highest BCUT2D eigenvalue weighted by Gasteiger charge is 2.29. The second kappa shape index (κ2) is 7.65. The summed E-state index contributed by atoms with van der Waals surface area (Å²) in [6.07, 6.45) is -3.48. The fourth-order valence-electron chi connectivity index (χ4n) is 4.29. The van der Waals surface area contributed by atoms with E-state index < -0.39 is 18.2 Å². The summed E-state index contributed by atoms with van der Waals surface area (Å²) in [5.74, 6) is 0.275. The summed E-state index contributed by atoms with van der Waals surface area (Å²) >= 11 is 0. The molecule has 5 rings (SSSR count). The highest BCUT2D eigenvalue weighted by atomic mass is 19.4. The van der Waals surface area contributed by atoms with Crippen molar-refractivity contribution in [2.45, 2.75) is 51.0 Å². The van der Waals surface area contributed by atoms with Gasteiger partial charge in [0.05, 0.1) is 28.5 Å². The highest BCUT2D eigenvalue weighted by Crippen LogP contribution is 2.36. The van der Waals surface area contributed by atoms with Crippen LogP contribution in [0.5, 0.6) is 0 Å². The molecule has 1 aliphatic carbocycles. The minimum Gasteiger partial charge on any atom is -0.327 e. The van der Waals surface area contributed by atoms with Gasteiger partial charge in [0, 0.05) is 19.0 Å². The van der Waals surface area contributed by atoms with Crippen LogP contribution in [0.15, 0.2) is 58.1 Å². The summed E-state index contributed by atoms with van der Waals surface area (Å²) in [7, 11) is 0. The van der Waals surface area contributed by atoms with Gasteiger partial charge in [0.1, 0.15) is 5.82 Å². The number of alkyl halides is 3. The smallest absolute Gasteiger partial charge is 0.327 e. The Morgan fingerprint density at radius 2 is 1.56 bits per heavy atom. The van der Waals surface area contributed by atoms with Gasteiger partial charge < -0.3 is 4.57 Å². The Balaban J connectivity index is 1.63. The van der Waals surface area contributed by atoms with Crippen molar-refractivity contribution in [2.75, 3.05) is 0 Å². The van der Waals surface area contributed by atoms with Crippen molar-refractivity contribution in [3.05, 3.63) is 75.2 Å². The molecule has 0 N–H and O–H groups in total. The topological polar surface area (TPSA) is 61.8 Å². The Morgan fingerprint density at radius 1 is 0.906 bits per heavy atom. The second-order valence-electron chi connectivity index (χ2n) is 8.18. The average Bonchev–Trinajstić information content (AvgIpc) is 3.55. The first-order chi connectivity index (χ1) is 15.3. The van der Waals surface area contributed by atoms with E-state index in [0.29, 0.717) is 16.4 Å². The molecule has 0 unspecified atom stereocenters. The third-order valence-electron chi connectivity index (χ3n) is 5.89. The maximum Gasteiger partial charge on any atom is 0.389 e. The number of benzene rings is 2. The molecule has 0 amide bonds. The molecule has 0 aliphatic heterocycles. The van der Waals surface area contributed by atoms with Crippen LogP contribution in [0.4, 0.5) is 13.2 Å². The number of para-hydroxylation sites is 3. The SMILES string of the molecule is O=c1nc(Cn2c(=O)n(C3CC3)c3ccccc32)n(CCCC(F)(F)F)c2ccccc12. The van der Waals surface area contributed by atoms with E-state index in [1.165, 1.54) is 0 Å². The van der Waals surface area contributed by atoms with Crippen LogP contribution in [0.25, 0.3) is 21.9 Å². The van der Waals surface area contributed by atoms with Crippen LogP contribution in [0, 0.1) is 0 Å². The summed E-state index contributed by atoms with van der Waals surface area (Å²) in [5, 5.41) is 0.344. The van der Waals surface area contributed by atoms with Crippen LogP contribution in [-0.4, -0.2) is 24.9 Å². The maximum absolute atomic E-state index is 13.2. The van der Waals surface area contributed by atoms with Crippen molar-refractivity contribution in [3.63, 3.8) is 0 Å². The quantitative estimate of drug-likeness (QED) is 0.449. The molecule has 1 aliphatic rings. The van der Waals surface area contributed by atoms with Gasteiger partial charge in [-0.3, -0.25) is 13.9 Å². The lowest BCUT2D eigenvalue weighted by atomic mass is 10.2. The molecular formula is C23H21F3N4O2. The van der Waals surface area contributed by atoms with Crippen molar-refractivity contribution in [1.29, 1.82) is 0 Å². The molecule has 4 aromatic rings. The summed E-state index contributed by atoms with van der Waals surface area (Å²) in [4.78, 5) is 30.1. The number of fused-ring (bicyclic) bond motifs is 2. The third kappa shape index (κ3) is 3.72. The van der Waals surface area contributed by atoms with E-state index in [2.05, 4.69) is 4.98 Å². The predicted octanol–water partition coefficient (Wildman–Crippen LogP) is 4.24. The number of aromatic nitrogens is 4. The van der Waals surface area contributed by atoms with E-state index in [-0.39, 0.29) is 37.1 Å². The molecule has 0 saturated heterocycles. The fourth-order valence-corrected chi connectivity index (χ4v) is 4.29. The summed E-state index contributed by atoms with van der Waals surface area (Å²) < 4.78 is 43.3. The highest BCUT2D eigenvalue weighted by molar-refractivity contribution is 5.78. The molecule has 166 valence electrons. The zero-order valence-corrected chi connectivity index (χ0v) is 17.2. The summed E-state index contributed by atoms with van der Waals surface area (Å²) in [6.45, 7) is 0.0454. The van der Waals surface area contributed by atoms with E-state index in [0.717, 1.165) is 18.4 Å². The second-order valence-corrected chi connectivity index (χ2v) is 8.18. The number of nitrogens with zero attached hydrogens (tertiary/aromatic N) is 4. The standard InChI is InChI=1S/C23H21F3N4O2/c24-23(25,26)12-5-13-28-17-7-2-1-6-16(17)21(31)27-20(28)14-29-18-8-3-4-9-19(18)30(22(29)32)15-10-11-15/h1-4,6-9,15H,5,10-14H2. The molecule has 1 saturated carbocycles. The molecular weight excluding hydrogens is 421 g/mol. The number of imidazole rings is 1. The fraction of sp³-hybridized carbons (Fsp3) is 0.348. The first-order valence-corrected chi connectivity index (χ1v) is 10.6. The Hall–Kier alpha value is -3.36. The maximum atomic E-state index is 13.2. The third-order valence-corrected chi connectivity index (χ3v) is 5.89. The molecule has 0 bridgehead atoms. The molecule has 0 spiro atoms. The van der Waals surface area contributed by atoms with Gasteiger partial charge in [0.15, 0.2) is 0 Å². The minimum atomic E-state index is -4.27. The number of aryl methyl sites for hydroxylation is 1. The van der Waals surface area contributed by atoms with Crippen molar-refractivity contribution in [2.24, 2.45) is 0 Å². The molecule has 2 heterocycles. The lowest BCUT2D eigenvalue weighted by Crippen LogP contribution is -2.28. The lowest BCUT2D eigenvalue weighted by Gasteiger charge is -2.17. The van der Waals surface area contributed by atoms with Gasteiger partial charge in [-0.2, -0.15) is 18.2 Å². The monoisotopic (exact) mass is 442 g/mol. The van der Waals surface area contributed by atoms with E-state index >= 15 is 0 Å². The predicted molar refractivity (Wildman–Crippen MR) is 115 cm³/mol. The van der Waals surface area contributed by atoms with Gasteiger partial charge in [0.2, 0.25) is 0 Å². The van der Waals surface area contributed by atoms with E-state index in [4.69, 9.17) is 0 Å². The number of hydrogen-bond acceptors (Lipinski definition) is 3. The average molecular weight is 442 g/mol. The lowest BCUT2D eigenvalue weighted by molar-refractivity contribution is -0.135. The summed E-state index contributed by atoms with van der Waals surface area (Å²) in [6, 6.07) is 14.3. The van der Waals surface area contributed by atoms with Crippen LogP contribution >= 0.6 is 0 Å². The molecule has 9 heteroatoms. The number of halogens is 3. The molecule has 6 nitrogen and oxygen atoms in total. The van der Waals surface area contributed by atoms with E-state index in [9.17, 15) is 22.8 Å². The summed E-state index contributed by atoms with van der Waals surface area (Å²) in [5.41, 5.74) is 1.39. The van der Waals surface area contributed by atoms with Crippen LogP contribution in [0.1, 0.15) is 37.5 Å². The number of hydrogen-bond donors (Lipinski definition) is 0. The van der Waals surface area contributed by atoms with Crippen molar-refractivity contribution in [1.82, 2.24) is 18.7 Å². The van der Waals surface area contributed by atoms with Gasteiger partial charge in [0.25, 0.3) is 5.56 Å². The van der Waals surface area contributed by atoms with Gasteiger partial charge in [-0.15, -0.1) is 0 Å². The minimum absolute atomic E-state index is 0.00512. The van der Waals surface area contributed by atoms with Crippen molar-refractivity contribution >= 4 is 21.9 Å². The van der Waals surface area contributed by atoms with Crippen molar-refractivity contribution in [3.8, 4) is 0 Å². The number of rotatable bonds is 6. The van der Waals surface area contributed by atoms with E-state index in [1.54, 1.807) is 38.0 Å². The molecule has 0 radical (unpaired) electrons. The molecule has 2 aromatic heterocycles. The Bertz CT molecular complexity index is 1430. The van der Waals surface area contributed by atoms with Crippen LogP contribution in [0.2, 0.25) is 0 Å². The van der Waals surface area contributed by atoms with Gasteiger partial charge in [-0.25, -0.2) is 4.79 Å². The molecule has 0 atom stereocenters. The Kier molecular flexibility index (Phi) is 4.91. The van der Waals surface area contributed by atoms with E-state index in [1.807, 2.05) is 24.3 Å². The first kappa shape index (κ1) is 20.5. The van der Waals surface area contributed by atoms with Gasteiger partial charge in [-0.1, -0.05) is 24.3 Å². The Labute approximate surface area is 180 Å². The molecule has 32 heavy (non-hydrogen) atoms. The van der Waals surface area contributed by atoms with Crippen molar-refractivity contribution < 1.29 is 13.2 Å². The van der Waals surface area contributed by atoms with Crippen LogP contribution in [-0.2, 0) is 13.1 Å². The first-order valence-electron chi connectivity index (χ1n) is 10.6. The zero-order valence-electron chi connectivity index (χ0n) is 17.2. The zero-order chi connectivity index (χ0) is 22.5. The Morgan fingerprint density at radius 3 is 2.25 bits per heavy atom. The van der Waals surface area contributed by atoms with Gasteiger partial charge >= 0.3 is 11.9 Å². The van der Waals surface area contributed by atoms with Crippen LogP contribution in [0.3, 0.4) is 0 Å². The molecule has 1 fully saturated rings. The molecule has 2 aromatic carbocycles.